The van der Waals surface area contributed by atoms with Crippen molar-refractivity contribution < 1.29 is 0 Å². The number of hydrogen-bond donors (Lipinski definition) is 0. The predicted molar refractivity (Wildman–Crippen MR) is 108 cm³/mol. The fourth-order valence-electron chi connectivity index (χ4n) is 0.587. The first-order valence-electron chi connectivity index (χ1n) is 3.14. The van der Waals surface area contributed by atoms with E-state index in [4.69, 9.17) is 0 Å². The molecule has 74 valence electrons. The average Bonchev–Trinajstić information content (AvgIpc) is 1.83. The Kier molecular flexibility index (Phi) is 9.50. The van der Waals surface area contributed by atoms with Crippen LogP contribution in [0, 0.1) is 5.41 Å². The standard InChI is InChI=1S/C6H8I6/c1-5(3-7,2-4(8)9)6(10,11)12/h4H,2-3H2,1H3. The van der Waals surface area contributed by atoms with Gasteiger partial charge in [0.05, 0.1) is 1.93 Å². The summed E-state index contributed by atoms with van der Waals surface area (Å²) >= 11 is 15.2. The SMILES string of the molecule is CC(CI)(CC(I)I)C(I)(I)I. The van der Waals surface area contributed by atoms with E-state index < -0.39 is 0 Å². The molecule has 0 radical (unpaired) electrons. The maximum atomic E-state index is 2.55. The minimum absolute atomic E-state index is 0.329. The highest BCUT2D eigenvalue weighted by atomic mass is 127. The Balaban J connectivity index is 4.46. The lowest BCUT2D eigenvalue weighted by Gasteiger charge is -2.36. The topological polar surface area (TPSA) is 0 Å². The molecule has 6 heteroatoms. The fourth-order valence-corrected chi connectivity index (χ4v) is 6.84. The molecule has 0 spiro atoms. The van der Waals surface area contributed by atoms with Gasteiger partial charge in [-0.15, -0.1) is 0 Å². The van der Waals surface area contributed by atoms with Gasteiger partial charge in [0.15, 0.2) is 0 Å². The van der Waals surface area contributed by atoms with Crippen molar-refractivity contribution in [2.45, 2.75) is 14.7 Å². The molecule has 0 nitrogen and oxygen atoms in total. The Labute approximate surface area is 156 Å². The van der Waals surface area contributed by atoms with E-state index in [9.17, 15) is 0 Å². The van der Waals surface area contributed by atoms with Gasteiger partial charge in [-0.3, -0.25) is 0 Å². The average molecular weight is 842 g/mol. The molecule has 0 bridgehead atoms. The zero-order valence-corrected chi connectivity index (χ0v) is 19.2. The van der Waals surface area contributed by atoms with Crippen LogP contribution in [-0.2, 0) is 0 Å². The third-order valence-corrected chi connectivity index (χ3v) is 8.05. The normalized spacial score (nSPS) is 18.0. The van der Waals surface area contributed by atoms with Gasteiger partial charge in [-0.25, -0.2) is 0 Å². The Bertz CT molecular complexity index is 139. The van der Waals surface area contributed by atoms with Crippen LogP contribution in [0.4, 0.5) is 0 Å². The number of rotatable bonds is 4. The van der Waals surface area contributed by atoms with E-state index in [0.29, 0.717) is 4.85 Å². The lowest BCUT2D eigenvalue weighted by Crippen LogP contribution is -2.33. The molecule has 0 aromatic rings. The van der Waals surface area contributed by atoms with Crippen molar-refractivity contribution in [3.8, 4) is 0 Å². The van der Waals surface area contributed by atoms with Gasteiger partial charge in [-0.05, 0) is 6.42 Å². The first-order valence-corrected chi connectivity index (χ1v) is 10.4. The first-order chi connectivity index (χ1) is 5.23. The van der Waals surface area contributed by atoms with Crippen molar-refractivity contribution in [3.05, 3.63) is 0 Å². The largest absolute Gasteiger partial charge is 0.130 e. The number of hydrogen-bond acceptors (Lipinski definition) is 0. The summed E-state index contributed by atoms with van der Waals surface area (Å²) in [6, 6.07) is 0. The lowest BCUT2D eigenvalue weighted by atomic mass is 9.93. The molecule has 0 amide bonds. The molecule has 0 aromatic heterocycles. The maximum Gasteiger partial charge on any atom is 0.130 e. The van der Waals surface area contributed by atoms with Gasteiger partial charge in [-0.1, -0.05) is 142 Å². The number of halogens is 6. The monoisotopic (exact) mass is 841 g/mol. The van der Waals surface area contributed by atoms with Gasteiger partial charge in [-0.2, -0.15) is 0 Å². The van der Waals surface area contributed by atoms with E-state index >= 15 is 0 Å². The van der Waals surface area contributed by atoms with Crippen LogP contribution in [0.1, 0.15) is 13.3 Å². The second-order valence-electron chi connectivity index (χ2n) is 2.79. The van der Waals surface area contributed by atoms with Gasteiger partial charge in [0.25, 0.3) is 0 Å². The molecule has 0 aromatic carbocycles. The fraction of sp³-hybridized carbons (Fsp3) is 1.00. The molecule has 0 saturated carbocycles. The molecule has 0 aliphatic rings. The Morgan fingerprint density at radius 1 is 1.17 bits per heavy atom. The van der Waals surface area contributed by atoms with Crippen molar-refractivity contribution in [1.82, 2.24) is 0 Å². The molecule has 1 atom stereocenters. The van der Waals surface area contributed by atoms with Crippen LogP contribution in [0.5, 0.6) is 0 Å². The molecule has 1 unspecified atom stereocenters. The summed E-state index contributed by atoms with van der Waals surface area (Å²) in [6.45, 7) is 2.38. The van der Waals surface area contributed by atoms with Crippen molar-refractivity contribution >= 4 is 136 Å². The van der Waals surface area contributed by atoms with Gasteiger partial charge >= 0.3 is 0 Å². The van der Waals surface area contributed by atoms with Gasteiger partial charge < -0.3 is 0 Å². The Hall–Kier alpha value is 4.38. The zero-order valence-electron chi connectivity index (χ0n) is 6.26. The van der Waals surface area contributed by atoms with Gasteiger partial charge in [0.1, 0.15) is -0.565 Å². The highest BCUT2D eigenvalue weighted by Crippen LogP contribution is 2.54. The third-order valence-electron chi connectivity index (χ3n) is 1.58. The summed E-state index contributed by atoms with van der Waals surface area (Å²) < 4.78 is 2.29. The summed E-state index contributed by atoms with van der Waals surface area (Å²) in [5.74, 6) is 0. The quantitative estimate of drug-likeness (QED) is 0.242. The Morgan fingerprint density at radius 3 is 1.67 bits per heavy atom. The van der Waals surface area contributed by atoms with Gasteiger partial charge in [0, 0.05) is 9.84 Å². The molecule has 0 aliphatic carbocycles. The summed E-state index contributed by atoms with van der Waals surface area (Å²) in [4.78, 5) is 0. The van der Waals surface area contributed by atoms with Crippen LogP contribution in [-0.4, -0.2) is 5.79 Å². The molecule has 12 heavy (non-hydrogen) atoms. The van der Waals surface area contributed by atoms with E-state index in [1.807, 2.05) is 0 Å². The highest BCUT2D eigenvalue weighted by Gasteiger charge is 2.42. The van der Waals surface area contributed by atoms with Crippen LogP contribution in [0.15, 0.2) is 0 Å². The first kappa shape index (κ1) is 16.4. The molecule has 0 N–H and O–H groups in total. The van der Waals surface area contributed by atoms with Crippen LogP contribution >= 0.6 is 136 Å². The van der Waals surface area contributed by atoms with E-state index in [1.165, 1.54) is 10.8 Å². The molecular formula is C6H8I6. The molecule has 0 rings (SSSR count). The van der Waals surface area contributed by atoms with Crippen molar-refractivity contribution in [1.29, 1.82) is 0 Å². The molecule has 0 saturated heterocycles. The second-order valence-corrected chi connectivity index (χ2v) is 20.0. The highest BCUT2D eigenvalue weighted by molar-refractivity contribution is 14.3. The van der Waals surface area contributed by atoms with E-state index in [0.717, 1.165) is 1.93 Å². The summed E-state index contributed by atoms with van der Waals surface area (Å²) in [6.07, 6.45) is 1.28. The summed E-state index contributed by atoms with van der Waals surface area (Å²) in [7, 11) is 0. The minimum atomic E-state index is 0.329. The van der Waals surface area contributed by atoms with Crippen LogP contribution in [0.3, 0.4) is 0 Å². The van der Waals surface area contributed by atoms with Gasteiger partial charge in [0.2, 0.25) is 0 Å². The Morgan fingerprint density at radius 2 is 1.58 bits per heavy atom. The molecule has 0 fully saturated rings. The van der Waals surface area contributed by atoms with Crippen molar-refractivity contribution in [3.63, 3.8) is 0 Å². The van der Waals surface area contributed by atoms with Crippen molar-refractivity contribution in [2.24, 2.45) is 5.41 Å². The molecule has 0 aliphatic heterocycles. The maximum absolute atomic E-state index is 2.55. The molecular weight excluding hydrogens is 833 g/mol. The van der Waals surface area contributed by atoms with Crippen LogP contribution < -0.4 is 0 Å². The lowest BCUT2D eigenvalue weighted by molar-refractivity contribution is 0.419. The van der Waals surface area contributed by atoms with E-state index in [1.54, 1.807) is 0 Å². The smallest absolute Gasteiger partial charge is 0.0857 e. The second kappa shape index (κ2) is 6.96. The van der Waals surface area contributed by atoms with Crippen LogP contribution in [0.2, 0.25) is 0 Å². The van der Waals surface area contributed by atoms with E-state index in [-0.39, 0.29) is 0 Å². The summed E-state index contributed by atoms with van der Waals surface area (Å²) in [5, 5.41) is 0. The van der Waals surface area contributed by atoms with E-state index in [2.05, 4.69) is 142 Å². The number of alkyl halides is 6. The van der Waals surface area contributed by atoms with Crippen molar-refractivity contribution in [2.75, 3.05) is 4.43 Å². The molecule has 0 heterocycles. The minimum Gasteiger partial charge on any atom is -0.0857 e. The predicted octanol–water partition coefficient (Wildman–Crippen LogP) is 5.97. The van der Waals surface area contributed by atoms with Crippen LogP contribution in [0.25, 0.3) is 0 Å². The summed E-state index contributed by atoms with van der Waals surface area (Å²) in [5.41, 5.74) is 0.433. The zero-order chi connectivity index (χ0) is 9.99. The third kappa shape index (κ3) is 5.63.